The maximum atomic E-state index is 6.13. The Morgan fingerprint density at radius 2 is 1.83 bits per heavy atom. The molecule has 2 aromatic carbocycles. The number of thiazole rings is 1. The Bertz CT molecular complexity index is 999. The number of anilines is 1. The second kappa shape index (κ2) is 5.41. The second-order valence-corrected chi connectivity index (χ2v) is 6.73. The Hall–Kier alpha value is -2.30. The number of nitrogen functional groups attached to an aromatic ring is 1. The van der Waals surface area contributed by atoms with Crippen LogP contribution in [0.4, 0.5) is 5.69 Å². The Labute approximate surface area is 143 Å². The first-order valence-corrected chi connectivity index (χ1v) is 8.46. The molecule has 0 amide bonds. The average molecular weight is 340 g/mol. The van der Waals surface area contributed by atoms with Crippen molar-refractivity contribution >= 4 is 33.6 Å². The first-order valence-electron chi connectivity index (χ1n) is 7.21. The lowest BCUT2D eigenvalue weighted by Gasteiger charge is -2.03. The van der Waals surface area contributed by atoms with E-state index in [-0.39, 0.29) is 0 Å². The number of hydrogen-bond donors (Lipinski definition) is 1. The molecule has 2 aromatic heterocycles. The van der Waals surface area contributed by atoms with Gasteiger partial charge >= 0.3 is 0 Å². The summed E-state index contributed by atoms with van der Waals surface area (Å²) < 4.78 is 2.12. The van der Waals surface area contributed by atoms with Crippen molar-refractivity contribution < 1.29 is 0 Å². The van der Waals surface area contributed by atoms with Crippen LogP contribution in [0.3, 0.4) is 0 Å². The van der Waals surface area contributed by atoms with Crippen LogP contribution in [-0.2, 0) is 0 Å². The fraction of sp³-hybridized carbons (Fsp3) is 0.0556. The van der Waals surface area contributed by atoms with Gasteiger partial charge in [-0.15, -0.1) is 11.3 Å². The molecule has 0 aliphatic heterocycles. The van der Waals surface area contributed by atoms with Crippen LogP contribution in [0.15, 0.2) is 54.0 Å². The summed E-state index contributed by atoms with van der Waals surface area (Å²) in [6, 6.07) is 13.9. The summed E-state index contributed by atoms with van der Waals surface area (Å²) in [5, 5.41) is 2.91. The third kappa shape index (κ3) is 2.50. The van der Waals surface area contributed by atoms with Gasteiger partial charge in [0.1, 0.15) is 0 Å². The molecule has 0 aliphatic rings. The van der Waals surface area contributed by atoms with Gasteiger partial charge in [-0.1, -0.05) is 29.8 Å². The van der Waals surface area contributed by atoms with Crippen LogP contribution in [0.2, 0.25) is 5.02 Å². The zero-order valence-corrected chi connectivity index (χ0v) is 14.0. The predicted octanol–water partition coefficient (Wildman–Crippen LogP) is 5.27. The fourth-order valence-electron chi connectivity index (χ4n) is 2.59. The third-order valence-corrected chi connectivity index (χ3v) is 5.13. The molecular formula is C18H14ClN3S. The Kier molecular flexibility index (Phi) is 3.36. The van der Waals surface area contributed by atoms with E-state index in [2.05, 4.69) is 22.0 Å². The first kappa shape index (κ1) is 14.3. The zero-order chi connectivity index (χ0) is 16.0. The average Bonchev–Trinajstić information content (AvgIpc) is 3.11. The summed E-state index contributed by atoms with van der Waals surface area (Å²) in [6.07, 6.45) is 2.07. The van der Waals surface area contributed by atoms with Crippen LogP contribution in [-0.4, -0.2) is 9.38 Å². The van der Waals surface area contributed by atoms with Gasteiger partial charge in [0.15, 0.2) is 4.96 Å². The molecule has 0 fully saturated rings. The molecule has 4 rings (SSSR count). The van der Waals surface area contributed by atoms with E-state index >= 15 is 0 Å². The maximum Gasteiger partial charge on any atom is 0.194 e. The van der Waals surface area contributed by atoms with Crippen LogP contribution in [0.25, 0.3) is 27.5 Å². The van der Waals surface area contributed by atoms with Gasteiger partial charge in [0.05, 0.1) is 11.4 Å². The second-order valence-electron chi connectivity index (χ2n) is 5.49. The Morgan fingerprint density at radius 1 is 1.09 bits per heavy atom. The summed E-state index contributed by atoms with van der Waals surface area (Å²) in [4.78, 5) is 5.69. The van der Waals surface area contributed by atoms with Gasteiger partial charge in [-0.25, -0.2) is 4.98 Å². The molecule has 0 unspecified atom stereocenters. The monoisotopic (exact) mass is 339 g/mol. The van der Waals surface area contributed by atoms with E-state index in [9.17, 15) is 0 Å². The van der Waals surface area contributed by atoms with Gasteiger partial charge in [-0.05, 0) is 42.3 Å². The highest BCUT2D eigenvalue weighted by Gasteiger charge is 2.11. The van der Waals surface area contributed by atoms with Gasteiger partial charge in [-0.2, -0.15) is 0 Å². The number of nitrogens with zero attached hydrogens (tertiary/aromatic N) is 2. The first-order chi connectivity index (χ1) is 11.1. The minimum absolute atomic E-state index is 0.757. The smallest absolute Gasteiger partial charge is 0.194 e. The summed E-state index contributed by atoms with van der Waals surface area (Å²) in [5.41, 5.74) is 11.9. The number of nitrogens with two attached hydrogens (primary N) is 1. The lowest BCUT2D eigenvalue weighted by Crippen LogP contribution is -1.86. The summed E-state index contributed by atoms with van der Waals surface area (Å²) >= 11 is 7.76. The lowest BCUT2D eigenvalue weighted by molar-refractivity contribution is 1.23. The normalized spacial score (nSPS) is 11.2. The highest BCUT2D eigenvalue weighted by molar-refractivity contribution is 7.15. The highest BCUT2D eigenvalue weighted by atomic mass is 35.5. The third-order valence-electron chi connectivity index (χ3n) is 3.87. The molecule has 4 aromatic rings. The largest absolute Gasteiger partial charge is 0.399 e. The number of hydrogen-bond acceptors (Lipinski definition) is 3. The molecule has 2 N–H and O–H groups in total. The quantitative estimate of drug-likeness (QED) is 0.505. The van der Waals surface area contributed by atoms with Crippen molar-refractivity contribution in [1.82, 2.24) is 9.38 Å². The number of fused-ring (bicyclic) bond motifs is 1. The molecule has 0 spiro atoms. The van der Waals surface area contributed by atoms with Crippen LogP contribution in [0, 0.1) is 6.92 Å². The van der Waals surface area contributed by atoms with Crippen molar-refractivity contribution in [1.29, 1.82) is 0 Å². The minimum atomic E-state index is 0.757. The van der Waals surface area contributed by atoms with Crippen molar-refractivity contribution in [3.8, 4) is 22.5 Å². The van der Waals surface area contributed by atoms with E-state index in [1.165, 1.54) is 0 Å². The molecule has 114 valence electrons. The molecule has 5 heteroatoms. The SMILES string of the molecule is Cc1cc(-c2csc3nc(-c4ccc(N)cc4)cn23)ccc1Cl. The Morgan fingerprint density at radius 3 is 2.57 bits per heavy atom. The van der Waals surface area contributed by atoms with Gasteiger partial charge in [0.2, 0.25) is 0 Å². The topological polar surface area (TPSA) is 43.3 Å². The van der Waals surface area contributed by atoms with Crippen LogP contribution in [0.5, 0.6) is 0 Å². The Balaban J connectivity index is 1.83. The van der Waals surface area contributed by atoms with Crippen LogP contribution < -0.4 is 5.73 Å². The van der Waals surface area contributed by atoms with E-state index in [4.69, 9.17) is 22.3 Å². The molecule has 0 saturated carbocycles. The van der Waals surface area contributed by atoms with Gasteiger partial charge in [-0.3, -0.25) is 4.40 Å². The lowest BCUT2D eigenvalue weighted by atomic mass is 10.1. The molecule has 23 heavy (non-hydrogen) atoms. The minimum Gasteiger partial charge on any atom is -0.399 e. The maximum absolute atomic E-state index is 6.13. The molecule has 0 saturated heterocycles. The summed E-state index contributed by atoms with van der Waals surface area (Å²) in [7, 11) is 0. The van der Waals surface area contributed by atoms with E-state index in [1.54, 1.807) is 11.3 Å². The van der Waals surface area contributed by atoms with E-state index in [0.717, 1.165) is 43.7 Å². The fourth-order valence-corrected chi connectivity index (χ4v) is 3.59. The van der Waals surface area contributed by atoms with Gasteiger partial charge in [0, 0.05) is 27.9 Å². The number of rotatable bonds is 2. The van der Waals surface area contributed by atoms with E-state index < -0.39 is 0 Å². The van der Waals surface area contributed by atoms with Crippen molar-refractivity contribution in [3.63, 3.8) is 0 Å². The van der Waals surface area contributed by atoms with Crippen molar-refractivity contribution in [2.24, 2.45) is 0 Å². The number of aryl methyl sites for hydroxylation is 1. The standard InChI is InChI=1S/C18H14ClN3S/c1-11-8-13(4-7-15(11)19)17-10-23-18-21-16(9-22(17)18)12-2-5-14(20)6-3-12/h2-10H,20H2,1H3. The molecule has 0 atom stereocenters. The van der Waals surface area contributed by atoms with Crippen LogP contribution >= 0.6 is 22.9 Å². The van der Waals surface area contributed by atoms with E-state index in [0.29, 0.717) is 0 Å². The van der Waals surface area contributed by atoms with Gasteiger partial charge in [0.25, 0.3) is 0 Å². The zero-order valence-electron chi connectivity index (χ0n) is 12.5. The van der Waals surface area contributed by atoms with Crippen LogP contribution in [0.1, 0.15) is 5.56 Å². The molecule has 0 bridgehead atoms. The van der Waals surface area contributed by atoms with Crippen molar-refractivity contribution in [2.75, 3.05) is 5.73 Å². The molecule has 2 heterocycles. The predicted molar refractivity (Wildman–Crippen MR) is 98.1 cm³/mol. The van der Waals surface area contributed by atoms with Gasteiger partial charge < -0.3 is 5.73 Å². The number of benzene rings is 2. The van der Waals surface area contributed by atoms with Crippen molar-refractivity contribution in [2.45, 2.75) is 6.92 Å². The number of imidazole rings is 1. The number of halogens is 1. The molecule has 3 nitrogen and oxygen atoms in total. The molecule has 0 radical (unpaired) electrons. The van der Waals surface area contributed by atoms with Crippen molar-refractivity contribution in [3.05, 3.63) is 64.6 Å². The summed E-state index contributed by atoms with van der Waals surface area (Å²) in [6.45, 7) is 2.02. The summed E-state index contributed by atoms with van der Waals surface area (Å²) in [5.74, 6) is 0. The highest BCUT2D eigenvalue weighted by Crippen LogP contribution is 2.31. The number of aromatic nitrogens is 2. The van der Waals surface area contributed by atoms with E-state index in [1.807, 2.05) is 43.3 Å². The molecular weight excluding hydrogens is 326 g/mol. The molecule has 0 aliphatic carbocycles.